The van der Waals surface area contributed by atoms with Crippen LogP contribution in [0.25, 0.3) is 0 Å². The highest BCUT2D eigenvalue weighted by atomic mass is 32.2. The second-order valence-electron chi connectivity index (χ2n) is 5.23. The minimum Gasteiger partial charge on any atom is -0.301 e. The summed E-state index contributed by atoms with van der Waals surface area (Å²) < 4.78 is 0. The highest BCUT2D eigenvalue weighted by Crippen LogP contribution is 2.10. The summed E-state index contributed by atoms with van der Waals surface area (Å²) in [6, 6.07) is 4.17. The first kappa shape index (κ1) is 14.8. The van der Waals surface area contributed by atoms with E-state index >= 15 is 0 Å². The van der Waals surface area contributed by atoms with Crippen LogP contribution >= 0.6 is 11.8 Å². The van der Waals surface area contributed by atoms with E-state index in [-0.39, 0.29) is 0 Å². The van der Waals surface area contributed by atoms with Gasteiger partial charge in [0.1, 0.15) is 0 Å². The Kier molecular flexibility index (Phi) is 6.14. The maximum atomic E-state index is 4.49. The van der Waals surface area contributed by atoms with E-state index in [9.17, 15) is 0 Å². The van der Waals surface area contributed by atoms with Gasteiger partial charge in [-0.25, -0.2) is 0 Å². The summed E-state index contributed by atoms with van der Waals surface area (Å²) in [6.45, 7) is 9.19. The highest BCUT2D eigenvalue weighted by Gasteiger charge is 2.17. The lowest BCUT2D eigenvalue weighted by Crippen LogP contribution is -2.46. The van der Waals surface area contributed by atoms with Gasteiger partial charge in [-0.1, -0.05) is 6.07 Å². The standard InChI is InChI=1S/C15H25N3S/c1-14-5-3-6-16-15(14)13-18-10-8-17(9-11-18)7-4-12-19-2/h3,5-6H,4,7-13H2,1-2H3. The second kappa shape index (κ2) is 7.88. The van der Waals surface area contributed by atoms with Crippen molar-refractivity contribution in [2.24, 2.45) is 0 Å². The van der Waals surface area contributed by atoms with Crippen molar-refractivity contribution in [2.75, 3.05) is 44.7 Å². The van der Waals surface area contributed by atoms with Crippen LogP contribution in [0.1, 0.15) is 17.7 Å². The lowest BCUT2D eigenvalue weighted by molar-refractivity contribution is 0.126. The van der Waals surface area contributed by atoms with Crippen molar-refractivity contribution in [3.8, 4) is 0 Å². The Hall–Kier alpha value is -0.580. The molecule has 0 atom stereocenters. The molecule has 0 amide bonds. The van der Waals surface area contributed by atoms with E-state index in [4.69, 9.17) is 0 Å². The molecule has 1 fully saturated rings. The second-order valence-corrected chi connectivity index (χ2v) is 6.22. The molecule has 0 saturated carbocycles. The van der Waals surface area contributed by atoms with Gasteiger partial charge in [0.2, 0.25) is 0 Å². The van der Waals surface area contributed by atoms with Crippen LogP contribution in [-0.4, -0.2) is 59.5 Å². The zero-order chi connectivity index (χ0) is 13.5. The first-order chi connectivity index (χ1) is 9.29. The molecule has 4 heteroatoms. The topological polar surface area (TPSA) is 19.4 Å². The van der Waals surface area contributed by atoms with Gasteiger partial charge >= 0.3 is 0 Å². The maximum absolute atomic E-state index is 4.49. The van der Waals surface area contributed by atoms with E-state index < -0.39 is 0 Å². The summed E-state index contributed by atoms with van der Waals surface area (Å²) in [7, 11) is 0. The Labute approximate surface area is 121 Å². The lowest BCUT2D eigenvalue weighted by atomic mass is 10.2. The molecule has 0 spiro atoms. The number of hydrogen-bond donors (Lipinski definition) is 0. The van der Waals surface area contributed by atoms with Crippen LogP contribution in [-0.2, 0) is 6.54 Å². The van der Waals surface area contributed by atoms with Crippen molar-refractivity contribution in [3.63, 3.8) is 0 Å². The van der Waals surface area contributed by atoms with Crippen molar-refractivity contribution in [1.82, 2.24) is 14.8 Å². The number of piperazine rings is 1. The van der Waals surface area contributed by atoms with Gasteiger partial charge in [0.05, 0.1) is 5.69 Å². The number of aryl methyl sites for hydroxylation is 1. The molecule has 1 aromatic rings. The normalized spacial score (nSPS) is 17.8. The van der Waals surface area contributed by atoms with Crippen LogP contribution in [0.4, 0.5) is 0 Å². The molecule has 2 rings (SSSR count). The monoisotopic (exact) mass is 279 g/mol. The molecule has 0 unspecified atom stereocenters. The summed E-state index contributed by atoms with van der Waals surface area (Å²) in [6.07, 6.45) is 5.41. The average molecular weight is 279 g/mol. The number of pyridine rings is 1. The van der Waals surface area contributed by atoms with Crippen LogP contribution in [0.2, 0.25) is 0 Å². The summed E-state index contributed by atoms with van der Waals surface area (Å²) in [4.78, 5) is 9.62. The largest absolute Gasteiger partial charge is 0.301 e. The highest BCUT2D eigenvalue weighted by molar-refractivity contribution is 7.98. The minimum atomic E-state index is 1.01. The van der Waals surface area contributed by atoms with Gasteiger partial charge in [-0.05, 0) is 43.5 Å². The number of hydrogen-bond acceptors (Lipinski definition) is 4. The Morgan fingerprint density at radius 1 is 1.21 bits per heavy atom. The molecule has 0 aromatic carbocycles. The van der Waals surface area contributed by atoms with Gasteiger partial charge in [-0.15, -0.1) is 0 Å². The molecule has 0 N–H and O–H groups in total. The lowest BCUT2D eigenvalue weighted by Gasteiger charge is -2.34. The molecule has 0 bridgehead atoms. The van der Waals surface area contributed by atoms with E-state index in [2.05, 4.69) is 34.0 Å². The molecule has 19 heavy (non-hydrogen) atoms. The zero-order valence-electron chi connectivity index (χ0n) is 12.1. The summed E-state index contributed by atoms with van der Waals surface area (Å²) in [5.74, 6) is 1.29. The Balaban J connectivity index is 1.73. The van der Waals surface area contributed by atoms with E-state index in [0.717, 1.165) is 6.54 Å². The molecule has 1 aliphatic rings. The molecule has 0 radical (unpaired) electrons. The molecular formula is C15H25N3S. The van der Waals surface area contributed by atoms with Crippen molar-refractivity contribution in [1.29, 1.82) is 0 Å². The average Bonchev–Trinajstić information content (AvgIpc) is 2.44. The van der Waals surface area contributed by atoms with Crippen LogP contribution in [0, 0.1) is 6.92 Å². The first-order valence-electron chi connectivity index (χ1n) is 7.13. The molecular weight excluding hydrogens is 254 g/mol. The summed E-state index contributed by atoms with van der Waals surface area (Å²) in [5.41, 5.74) is 2.54. The van der Waals surface area contributed by atoms with Gasteiger partial charge in [-0.3, -0.25) is 9.88 Å². The molecule has 0 aliphatic carbocycles. The van der Waals surface area contributed by atoms with E-state index in [1.165, 1.54) is 56.2 Å². The third-order valence-electron chi connectivity index (χ3n) is 3.78. The van der Waals surface area contributed by atoms with Crippen molar-refractivity contribution in [3.05, 3.63) is 29.6 Å². The third kappa shape index (κ3) is 4.79. The zero-order valence-corrected chi connectivity index (χ0v) is 13.0. The van der Waals surface area contributed by atoms with Gasteiger partial charge < -0.3 is 4.90 Å². The van der Waals surface area contributed by atoms with Crippen LogP contribution in [0.15, 0.2) is 18.3 Å². The van der Waals surface area contributed by atoms with Gasteiger partial charge in [0, 0.05) is 38.9 Å². The molecule has 1 aromatic heterocycles. The fourth-order valence-corrected chi connectivity index (χ4v) is 2.92. The quantitative estimate of drug-likeness (QED) is 0.744. The van der Waals surface area contributed by atoms with E-state index in [1.807, 2.05) is 24.0 Å². The number of rotatable bonds is 6. The summed E-state index contributed by atoms with van der Waals surface area (Å²) in [5, 5.41) is 0. The molecule has 106 valence electrons. The maximum Gasteiger partial charge on any atom is 0.0573 e. The fourth-order valence-electron chi connectivity index (χ4n) is 2.50. The van der Waals surface area contributed by atoms with Gasteiger partial charge in [-0.2, -0.15) is 11.8 Å². The first-order valence-corrected chi connectivity index (χ1v) is 8.53. The van der Waals surface area contributed by atoms with E-state index in [0.29, 0.717) is 0 Å². The Morgan fingerprint density at radius 3 is 2.63 bits per heavy atom. The smallest absolute Gasteiger partial charge is 0.0573 e. The third-order valence-corrected chi connectivity index (χ3v) is 4.48. The van der Waals surface area contributed by atoms with E-state index in [1.54, 1.807) is 0 Å². The molecule has 3 nitrogen and oxygen atoms in total. The van der Waals surface area contributed by atoms with Crippen molar-refractivity contribution < 1.29 is 0 Å². The predicted octanol–water partition coefficient (Wildman–Crippen LogP) is 2.26. The Morgan fingerprint density at radius 2 is 1.95 bits per heavy atom. The van der Waals surface area contributed by atoms with Crippen LogP contribution in [0.5, 0.6) is 0 Å². The van der Waals surface area contributed by atoms with Gasteiger partial charge in [0.15, 0.2) is 0 Å². The molecule has 1 aliphatic heterocycles. The van der Waals surface area contributed by atoms with Crippen LogP contribution < -0.4 is 0 Å². The predicted molar refractivity (Wildman–Crippen MR) is 83.7 cm³/mol. The fraction of sp³-hybridized carbons (Fsp3) is 0.667. The molecule has 2 heterocycles. The number of thioether (sulfide) groups is 1. The van der Waals surface area contributed by atoms with Crippen molar-refractivity contribution in [2.45, 2.75) is 19.9 Å². The number of nitrogens with zero attached hydrogens (tertiary/aromatic N) is 3. The minimum absolute atomic E-state index is 1.01. The summed E-state index contributed by atoms with van der Waals surface area (Å²) >= 11 is 1.95. The molecule has 1 saturated heterocycles. The number of aromatic nitrogens is 1. The van der Waals surface area contributed by atoms with Crippen molar-refractivity contribution >= 4 is 11.8 Å². The van der Waals surface area contributed by atoms with Gasteiger partial charge in [0.25, 0.3) is 0 Å². The SMILES string of the molecule is CSCCCN1CCN(Cc2ncccc2C)CC1. The Bertz CT molecular complexity index is 375. The van der Waals surface area contributed by atoms with Crippen LogP contribution in [0.3, 0.4) is 0 Å².